The topological polar surface area (TPSA) is 76.2 Å². The zero-order valence-electron chi connectivity index (χ0n) is 17.3. The van der Waals surface area contributed by atoms with E-state index in [0.717, 1.165) is 29.7 Å². The summed E-state index contributed by atoms with van der Waals surface area (Å²) < 4.78 is 36.0. The lowest BCUT2D eigenvalue weighted by Crippen LogP contribution is -2.42. The summed E-state index contributed by atoms with van der Waals surface area (Å²) in [6, 6.07) is 7.95. The molecule has 2 heterocycles. The van der Waals surface area contributed by atoms with Crippen LogP contribution >= 0.6 is 0 Å². The van der Waals surface area contributed by atoms with Crippen molar-refractivity contribution in [2.45, 2.75) is 45.3 Å². The van der Waals surface area contributed by atoms with Gasteiger partial charge >= 0.3 is 6.09 Å². The third-order valence-electron chi connectivity index (χ3n) is 5.21. The largest absolute Gasteiger partial charge is 0.490 e. The second kappa shape index (κ2) is 9.17. The Balaban J connectivity index is 1.51. The molecule has 0 spiro atoms. The number of rotatable bonds is 5. The van der Waals surface area contributed by atoms with Gasteiger partial charge in [-0.25, -0.2) is 13.2 Å². The SMILES string of the molecule is CC(C)OC(=O)N1CCC(Oc2ccc(C3=CCN(S(C)(=O)=O)CC3)cc2)CC1. The molecule has 8 heteroatoms. The molecule has 1 aromatic carbocycles. The molecule has 0 radical (unpaired) electrons. The Kier molecular flexibility index (Phi) is 6.85. The van der Waals surface area contributed by atoms with Crippen LogP contribution in [0.3, 0.4) is 0 Å². The Morgan fingerprint density at radius 2 is 1.76 bits per heavy atom. The first-order valence-corrected chi connectivity index (χ1v) is 11.9. The molecule has 29 heavy (non-hydrogen) atoms. The minimum atomic E-state index is -3.13. The van der Waals surface area contributed by atoms with Gasteiger partial charge in [-0.2, -0.15) is 4.31 Å². The fourth-order valence-electron chi connectivity index (χ4n) is 3.59. The lowest BCUT2D eigenvalue weighted by Gasteiger charge is -2.32. The lowest BCUT2D eigenvalue weighted by atomic mass is 10.0. The predicted molar refractivity (Wildman–Crippen MR) is 112 cm³/mol. The lowest BCUT2D eigenvalue weighted by molar-refractivity contribution is 0.0517. The van der Waals surface area contributed by atoms with E-state index in [1.165, 1.54) is 10.6 Å². The van der Waals surface area contributed by atoms with Crippen molar-refractivity contribution in [2.24, 2.45) is 0 Å². The number of piperidine rings is 1. The smallest absolute Gasteiger partial charge is 0.410 e. The molecule has 0 saturated carbocycles. The van der Waals surface area contributed by atoms with E-state index in [0.29, 0.717) is 32.6 Å². The number of likely N-dealkylation sites (tertiary alicyclic amines) is 1. The minimum Gasteiger partial charge on any atom is -0.490 e. The summed E-state index contributed by atoms with van der Waals surface area (Å²) in [5.74, 6) is 0.811. The van der Waals surface area contributed by atoms with Gasteiger partial charge in [0.05, 0.1) is 12.4 Å². The van der Waals surface area contributed by atoms with Crippen LogP contribution in [-0.4, -0.2) is 68.4 Å². The first kappa shape index (κ1) is 21.6. The van der Waals surface area contributed by atoms with Gasteiger partial charge in [-0.15, -0.1) is 0 Å². The Morgan fingerprint density at radius 3 is 2.28 bits per heavy atom. The molecule has 0 aromatic heterocycles. The number of hydrogen-bond donors (Lipinski definition) is 0. The quantitative estimate of drug-likeness (QED) is 0.729. The number of amides is 1. The summed E-state index contributed by atoms with van der Waals surface area (Å²) in [6.07, 6.45) is 5.21. The van der Waals surface area contributed by atoms with E-state index in [9.17, 15) is 13.2 Å². The van der Waals surface area contributed by atoms with E-state index in [2.05, 4.69) is 0 Å². The molecule has 1 saturated heterocycles. The molecule has 1 amide bonds. The highest BCUT2D eigenvalue weighted by molar-refractivity contribution is 7.88. The summed E-state index contributed by atoms with van der Waals surface area (Å²) in [6.45, 7) is 5.91. The van der Waals surface area contributed by atoms with E-state index in [1.807, 2.05) is 44.2 Å². The monoisotopic (exact) mass is 422 g/mol. The number of carbonyl (C=O) groups excluding carboxylic acids is 1. The maximum absolute atomic E-state index is 12.0. The van der Waals surface area contributed by atoms with Gasteiger partial charge < -0.3 is 14.4 Å². The van der Waals surface area contributed by atoms with Crippen LogP contribution in [0.15, 0.2) is 30.3 Å². The molecule has 0 bridgehead atoms. The van der Waals surface area contributed by atoms with Crippen LogP contribution in [0.25, 0.3) is 5.57 Å². The minimum absolute atomic E-state index is 0.0844. The van der Waals surface area contributed by atoms with Crippen LogP contribution in [0, 0.1) is 0 Å². The van der Waals surface area contributed by atoms with Gasteiger partial charge in [0, 0.05) is 39.0 Å². The second-order valence-corrected chi connectivity index (χ2v) is 9.84. The summed E-state index contributed by atoms with van der Waals surface area (Å²) in [5, 5.41) is 0. The highest BCUT2D eigenvalue weighted by atomic mass is 32.2. The molecule has 160 valence electrons. The molecule has 3 rings (SSSR count). The number of sulfonamides is 1. The molecule has 2 aliphatic rings. The molecule has 2 aliphatic heterocycles. The third kappa shape index (κ3) is 5.96. The van der Waals surface area contributed by atoms with Crippen LogP contribution in [0.5, 0.6) is 5.75 Å². The molecule has 1 aromatic rings. The maximum atomic E-state index is 12.0. The number of carbonyl (C=O) groups is 1. The molecule has 1 fully saturated rings. The molecular weight excluding hydrogens is 392 g/mol. The van der Waals surface area contributed by atoms with Crippen molar-refractivity contribution in [3.63, 3.8) is 0 Å². The second-order valence-electron chi connectivity index (χ2n) is 7.86. The number of ether oxygens (including phenoxy) is 2. The van der Waals surface area contributed by atoms with Crippen LogP contribution < -0.4 is 4.74 Å². The molecule has 0 N–H and O–H groups in total. The van der Waals surface area contributed by atoms with E-state index in [-0.39, 0.29) is 18.3 Å². The van der Waals surface area contributed by atoms with Crippen LogP contribution in [0.2, 0.25) is 0 Å². The van der Waals surface area contributed by atoms with Crippen molar-refractivity contribution in [2.75, 3.05) is 32.4 Å². The fraction of sp³-hybridized carbons (Fsp3) is 0.571. The highest BCUT2D eigenvalue weighted by Gasteiger charge is 2.25. The van der Waals surface area contributed by atoms with Crippen LogP contribution in [-0.2, 0) is 14.8 Å². The molecular formula is C21H30N2O5S. The number of hydrogen-bond acceptors (Lipinski definition) is 5. The van der Waals surface area contributed by atoms with Gasteiger partial charge in [0.1, 0.15) is 11.9 Å². The van der Waals surface area contributed by atoms with E-state index in [1.54, 1.807) is 4.90 Å². The van der Waals surface area contributed by atoms with E-state index >= 15 is 0 Å². The average Bonchev–Trinajstić information content (AvgIpc) is 2.68. The van der Waals surface area contributed by atoms with Gasteiger partial charge in [0.15, 0.2) is 0 Å². The van der Waals surface area contributed by atoms with Crippen molar-refractivity contribution in [3.05, 3.63) is 35.9 Å². The Labute approximate surface area is 173 Å². The number of nitrogens with zero attached hydrogens (tertiary/aromatic N) is 2. The molecule has 0 unspecified atom stereocenters. The van der Waals surface area contributed by atoms with Crippen molar-refractivity contribution in [1.29, 1.82) is 0 Å². The number of benzene rings is 1. The maximum Gasteiger partial charge on any atom is 0.410 e. The molecule has 0 aliphatic carbocycles. The summed E-state index contributed by atoms with van der Waals surface area (Å²) in [4.78, 5) is 13.7. The standard InChI is InChI=1S/C21H30N2O5S/c1-16(2)27-21(24)22-12-10-20(11-13-22)28-19-6-4-17(5-7-19)18-8-14-23(15-9-18)29(3,25)26/h4-8,16,20H,9-15H2,1-3H3. The van der Waals surface area contributed by atoms with E-state index in [4.69, 9.17) is 9.47 Å². The van der Waals surface area contributed by atoms with Gasteiger partial charge in [-0.1, -0.05) is 18.2 Å². The first-order chi connectivity index (χ1) is 13.7. The van der Waals surface area contributed by atoms with Crippen LogP contribution in [0.1, 0.15) is 38.7 Å². The van der Waals surface area contributed by atoms with Gasteiger partial charge in [-0.05, 0) is 43.5 Å². The normalized spacial score (nSPS) is 19.2. The van der Waals surface area contributed by atoms with Gasteiger partial charge in [-0.3, -0.25) is 0 Å². The summed E-state index contributed by atoms with van der Waals surface area (Å²) in [7, 11) is -3.13. The van der Waals surface area contributed by atoms with Gasteiger partial charge in [0.2, 0.25) is 10.0 Å². The molecule has 0 atom stereocenters. The zero-order valence-corrected chi connectivity index (χ0v) is 18.2. The third-order valence-corrected chi connectivity index (χ3v) is 6.48. The van der Waals surface area contributed by atoms with Crippen molar-refractivity contribution >= 4 is 21.7 Å². The Morgan fingerprint density at radius 1 is 1.10 bits per heavy atom. The van der Waals surface area contributed by atoms with E-state index < -0.39 is 10.0 Å². The van der Waals surface area contributed by atoms with Crippen molar-refractivity contribution < 1.29 is 22.7 Å². The van der Waals surface area contributed by atoms with Crippen LogP contribution in [0.4, 0.5) is 4.79 Å². The van der Waals surface area contributed by atoms with Crippen molar-refractivity contribution in [3.8, 4) is 5.75 Å². The Hall–Kier alpha value is -2.06. The van der Waals surface area contributed by atoms with Crippen molar-refractivity contribution in [1.82, 2.24) is 9.21 Å². The summed E-state index contributed by atoms with van der Waals surface area (Å²) in [5.41, 5.74) is 2.25. The van der Waals surface area contributed by atoms with Gasteiger partial charge in [0.25, 0.3) is 0 Å². The molecule has 7 nitrogen and oxygen atoms in total. The predicted octanol–water partition coefficient (Wildman–Crippen LogP) is 3.12. The summed E-state index contributed by atoms with van der Waals surface area (Å²) >= 11 is 0. The average molecular weight is 423 g/mol. The fourth-order valence-corrected chi connectivity index (χ4v) is 4.35. The first-order valence-electron chi connectivity index (χ1n) is 10.1. The Bertz CT molecular complexity index is 840. The zero-order chi connectivity index (χ0) is 21.0. The highest BCUT2D eigenvalue weighted by Crippen LogP contribution is 2.26.